The van der Waals surface area contributed by atoms with Gasteiger partial charge in [-0.3, -0.25) is 19.4 Å². The maximum Gasteiger partial charge on any atom is 0.230 e. The molecule has 7 N–H and O–H groups in total. The van der Waals surface area contributed by atoms with Gasteiger partial charge < -0.3 is 36.4 Å². The number of likely N-dealkylation sites (N-methyl/N-ethyl adjacent to an activating group) is 1. The number of primary amides is 1. The fourth-order valence-electron chi connectivity index (χ4n) is 7.19. The summed E-state index contributed by atoms with van der Waals surface area (Å²) < 4.78 is 0. The van der Waals surface area contributed by atoms with E-state index in [1.807, 2.05) is 18.2 Å². The number of phenols is 1. The van der Waals surface area contributed by atoms with Crippen molar-refractivity contribution in [2.24, 2.45) is 28.9 Å². The Morgan fingerprint density at radius 3 is 2.49 bits per heavy atom. The molecule has 0 saturated heterocycles. The Balaban J connectivity index is 1.69. The van der Waals surface area contributed by atoms with Gasteiger partial charge in [-0.2, -0.15) is 0 Å². The largest absolute Gasteiger partial charge is 0.508 e. The van der Waals surface area contributed by atoms with Gasteiger partial charge in [0.05, 0.1) is 17.4 Å². The van der Waals surface area contributed by atoms with Crippen LogP contribution in [0, 0.1) is 23.2 Å². The number of hydrogen-bond acceptors (Lipinski definition) is 10. The highest BCUT2D eigenvalue weighted by molar-refractivity contribution is 6.16. The molecule has 1 heterocycles. The molecule has 6 atom stereocenters. The normalized spacial score (nSPS) is 28.9. The lowest BCUT2D eigenvalue weighted by Gasteiger charge is -2.53. The van der Waals surface area contributed by atoms with Crippen LogP contribution in [0.25, 0.3) is 11.3 Å². The van der Waals surface area contributed by atoms with Crippen LogP contribution in [0.2, 0.25) is 0 Å². The van der Waals surface area contributed by atoms with Crippen LogP contribution in [0.15, 0.2) is 41.8 Å². The average molecular weight is 593 g/mol. The third-order valence-corrected chi connectivity index (χ3v) is 9.08. The second-order valence-electron chi connectivity index (χ2n) is 13.5. The van der Waals surface area contributed by atoms with E-state index in [4.69, 9.17) is 5.73 Å². The van der Waals surface area contributed by atoms with Crippen molar-refractivity contribution in [3.63, 3.8) is 0 Å². The third kappa shape index (κ3) is 4.94. The van der Waals surface area contributed by atoms with Gasteiger partial charge in [-0.1, -0.05) is 26.8 Å². The number of aromatic hydroxyl groups is 1. The van der Waals surface area contributed by atoms with Gasteiger partial charge in [0.15, 0.2) is 17.2 Å². The van der Waals surface area contributed by atoms with Crippen LogP contribution in [0.5, 0.6) is 5.75 Å². The number of aliphatic hydroxyl groups is 3. The zero-order chi connectivity index (χ0) is 31.6. The van der Waals surface area contributed by atoms with Gasteiger partial charge in [-0.05, 0) is 62.0 Å². The van der Waals surface area contributed by atoms with Gasteiger partial charge in [0, 0.05) is 47.9 Å². The summed E-state index contributed by atoms with van der Waals surface area (Å²) in [6, 6.07) is 6.31. The van der Waals surface area contributed by atoms with E-state index in [1.54, 1.807) is 31.3 Å². The number of phenolic OH excluding ortho intramolecular Hbond substituents is 1. The molecule has 1 saturated carbocycles. The molecule has 3 aliphatic carbocycles. The number of nitrogens with two attached hydrogens (primary N) is 1. The van der Waals surface area contributed by atoms with E-state index in [2.05, 4.69) is 31.1 Å². The second-order valence-corrected chi connectivity index (χ2v) is 13.5. The predicted molar refractivity (Wildman–Crippen MR) is 158 cm³/mol. The lowest BCUT2D eigenvalue weighted by molar-refractivity contribution is -0.178. The average Bonchev–Trinajstić information content (AvgIpc) is 2.91. The van der Waals surface area contributed by atoms with Crippen LogP contribution in [0.3, 0.4) is 0 Å². The molecule has 1 fully saturated rings. The fourth-order valence-corrected chi connectivity index (χ4v) is 7.19. The molecule has 0 bridgehead atoms. The molecular formula is C32H40N4O7. The van der Waals surface area contributed by atoms with Crippen molar-refractivity contribution in [2.75, 3.05) is 20.6 Å². The molecule has 11 nitrogen and oxygen atoms in total. The Kier molecular flexibility index (Phi) is 7.75. The summed E-state index contributed by atoms with van der Waals surface area (Å²) in [6.45, 7) is 7.11. The number of carbonyl (C=O) groups excluding carboxylic acids is 3. The number of nitrogens with one attached hydrogen (secondary N) is 1. The molecular weight excluding hydrogens is 552 g/mol. The van der Waals surface area contributed by atoms with Gasteiger partial charge in [0.2, 0.25) is 5.91 Å². The summed E-state index contributed by atoms with van der Waals surface area (Å²) in [7, 11) is 3.26. The summed E-state index contributed by atoms with van der Waals surface area (Å²) in [5, 5.41) is 49.4. The van der Waals surface area contributed by atoms with Crippen molar-refractivity contribution in [3.05, 3.63) is 58.5 Å². The first-order valence-electron chi connectivity index (χ1n) is 14.5. The quantitative estimate of drug-likeness (QED) is 0.268. The number of amides is 1. The SMILES string of the molecule is CN(C)[C@@H]1C(O)C(C(N)=O)C(=O)[C@@]2(O)C(O)=C3C(=O)c4c(O)c(CNCC(C)(C)C)cc(-c5ccccn5)c4C[C@H]3C[C@@H]12. The van der Waals surface area contributed by atoms with E-state index in [0.717, 1.165) is 0 Å². The van der Waals surface area contributed by atoms with E-state index in [0.29, 0.717) is 28.9 Å². The molecule has 1 aromatic heterocycles. The molecule has 230 valence electrons. The van der Waals surface area contributed by atoms with Gasteiger partial charge >= 0.3 is 0 Å². The van der Waals surface area contributed by atoms with Crippen LogP contribution >= 0.6 is 0 Å². The standard InChI is InChI=1S/C32H40N4O7/c1-31(2,3)14-34-13-16-11-17(20-8-6-7-9-35-20)18-10-15-12-19-24(36(4)5)27(39)23(30(33)42)29(41)32(19,43)28(40)21(15)26(38)22(18)25(16)37/h6-9,11,15,19,23-24,27,34,37,39-40,43H,10,12-14H2,1-5H3,(H2,33,42)/t15-,19-,23?,24-,27?,32-/m0/s1. The molecule has 43 heavy (non-hydrogen) atoms. The fraction of sp³-hybridized carbons (Fsp3) is 0.500. The van der Waals surface area contributed by atoms with Crippen LogP contribution < -0.4 is 11.1 Å². The Labute approximate surface area is 250 Å². The van der Waals surface area contributed by atoms with E-state index in [1.165, 1.54) is 0 Å². The highest BCUT2D eigenvalue weighted by Gasteiger charge is 2.66. The number of Topliss-reactive ketones (excluding diaryl/α,β-unsaturated/α-hetero) is 2. The number of nitrogens with zero attached hydrogens (tertiary/aromatic N) is 2. The Morgan fingerprint density at radius 1 is 1.21 bits per heavy atom. The number of benzene rings is 1. The molecule has 2 unspecified atom stereocenters. The van der Waals surface area contributed by atoms with Gasteiger partial charge in [-0.15, -0.1) is 0 Å². The first kappa shape index (κ1) is 30.8. The second kappa shape index (κ2) is 10.8. The van der Waals surface area contributed by atoms with Gasteiger partial charge in [0.1, 0.15) is 17.4 Å². The van der Waals surface area contributed by atoms with E-state index in [9.17, 15) is 34.8 Å². The minimum absolute atomic E-state index is 0.0190. The zero-order valence-electron chi connectivity index (χ0n) is 25.1. The number of carbonyl (C=O) groups is 3. The first-order valence-corrected chi connectivity index (χ1v) is 14.5. The monoisotopic (exact) mass is 592 g/mol. The van der Waals surface area contributed by atoms with E-state index < -0.39 is 58.7 Å². The van der Waals surface area contributed by atoms with Crippen LogP contribution in [0.4, 0.5) is 0 Å². The molecule has 11 heteroatoms. The van der Waals surface area contributed by atoms with Crippen molar-refractivity contribution in [1.82, 2.24) is 15.2 Å². The molecule has 3 aliphatic rings. The highest BCUT2D eigenvalue weighted by Crippen LogP contribution is 2.53. The molecule has 1 amide bonds. The zero-order valence-corrected chi connectivity index (χ0v) is 25.1. The number of rotatable bonds is 6. The van der Waals surface area contributed by atoms with Crippen molar-refractivity contribution >= 4 is 17.5 Å². The topological polar surface area (TPSA) is 186 Å². The predicted octanol–water partition coefficient (Wildman–Crippen LogP) is 1.48. The van der Waals surface area contributed by atoms with E-state index >= 15 is 0 Å². The number of fused-ring (bicyclic) bond motifs is 3. The summed E-state index contributed by atoms with van der Waals surface area (Å²) in [5.41, 5.74) is 4.88. The summed E-state index contributed by atoms with van der Waals surface area (Å²) in [6.07, 6.45) is 0.365. The number of allylic oxidation sites excluding steroid dienone is 1. The summed E-state index contributed by atoms with van der Waals surface area (Å²) in [5.74, 6) is -7.57. The lowest BCUT2D eigenvalue weighted by Crippen LogP contribution is -2.71. The molecule has 2 aromatic rings. The van der Waals surface area contributed by atoms with Crippen LogP contribution in [-0.2, 0) is 22.6 Å². The molecule has 0 aliphatic heterocycles. The summed E-state index contributed by atoms with van der Waals surface area (Å²) >= 11 is 0. The van der Waals surface area contributed by atoms with Crippen LogP contribution in [0.1, 0.15) is 48.7 Å². The minimum atomic E-state index is -2.63. The number of pyridine rings is 1. The van der Waals surface area contributed by atoms with Crippen molar-refractivity contribution in [3.8, 4) is 17.0 Å². The number of hydrogen-bond donors (Lipinski definition) is 6. The van der Waals surface area contributed by atoms with E-state index in [-0.39, 0.29) is 41.7 Å². The maximum absolute atomic E-state index is 14.3. The van der Waals surface area contributed by atoms with Crippen LogP contribution in [-0.4, -0.2) is 86.2 Å². The lowest BCUT2D eigenvalue weighted by atomic mass is 9.55. The first-order chi connectivity index (χ1) is 20.1. The van der Waals surface area contributed by atoms with Crippen molar-refractivity contribution in [1.29, 1.82) is 0 Å². The molecule has 5 rings (SSSR count). The summed E-state index contributed by atoms with van der Waals surface area (Å²) in [4.78, 5) is 46.2. The number of aromatic nitrogens is 1. The van der Waals surface area contributed by atoms with Crippen molar-refractivity contribution in [2.45, 2.75) is 57.9 Å². The molecule has 0 radical (unpaired) electrons. The van der Waals surface area contributed by atoms with Crippen molar-refractivity contribution < 1.29 is 34.8 Å². The highest BCUT2D eigenvalue weighted by atomic mass is 16.3. The molecule has 0 spiro atoms. The Bertz CT molecular complexity index is 1510. The minimum Gasteiger partial charge on any atom is -0.508 e. The Morgan fingerprint density at radius 2 is 1.91 bits per heavy atom. The smallest absolute Gasteiger partial charge is 0.230 e. The van der Waals surface area contributed by atoms with Gasteiger partial charge in [-0.25, -0.2) is 0 Å². The number of ketones is 2. The third-order valence-electron chi connectivity index (χ3n) is 9.08. The Hall–Kier alpha value is -3.64. The van der Waals surface area contributed by atoms with Gasteiger partial charge in [0.25, 0.3) is 0 Å². The molecule has 1 aromatic carbocycles. The number of aliphatic hydroxyl groups excluding tert-OH is 2. The maximum atomic E-state index is 14.3.